The Morgan fingerprint density at radius 1 is 1.00 bits per heavy atom. The quantitative estimate of drug-likeness (QED) is 0.403. The monoisotopic (exact) mass is 557 g/mol. The predicted octanol–water partition coefficient (Wildman–Crippen LogP) is 1.99. The van der Waals surface area contributed by atoms with Crippen LogP contribution in [0.1, 0.15) is 61.9 Å². The second-order valence-electron chi connectivity index (χ2n) is 11.9. The normalized spacial score (nSPS) is 23.4. The van der Waals surface area contributed by atoms with Crippen LogP contribution >= 0.6 is 0 Å². The fourth-order valence-electron chi connectivity index (χ4n) is 6.01. The Labute approximate surface area is 238 Å². The van der Waals surface area contributed by atoms with Gasteiger partial charge in [0.1, 0.15) is 11.7 Å². The van der Waals surface area contributed by atoms with Crippen molar-refractivity contribution in [1.29, 1.82) is 0 Å². The van der Waals surface area contributed by atoms with Crippen molar-refractivity contribution in [2.24, 2.45) is 11.3 Å². The van der Waals surface area contributed by atoms with Crippen molar-refractivity contribution >= 4 is 29.4 Å². The van der Waals surface area contributed by atoms with Gasteiger partial charge in [0, 0.05) is 30.6 Å². The third kappa shape index (κ3) is 6.01. The minimum Gasteiger partial charge on any atom is -0.356 e. The highest BCUT2D eigenvalue weighted by molar-refractivity contribution is 6.38. The summed E-state index contributed by atoms with van der Waals surface area (Å²) in [5.74, 6) is -2.97. The number of nitrogens with one attached hydrogen (secondary N) is 3. The standard InChI is InChI=1S/C31H35N5O5/c37-26(29(40)33-21-9-10-21)24(17-20-11-15-32-27(20)38)35-28(39)25-18-31(12-13-31)14-16-36(25)30(41)23-8-4-7-22(34-23)19-5-2-1-3-6-19/h1-8,20-21,24-25H,9-18H2,(H,32,38)(H,33,40)(H,35,39). The molecule has 6 rings (SSSR count). The molecule has 1 aromatic carbocycles. The van der Waals surface area contributed by atoms with Crippen LogP contribution in [0.3, 0.4) is 0 Å². The summed E-state index contributed by atoms with van der Waals surface area (Å²) in [5, 5.41) is 8.26. The van der Waals surface area contributed by atoms with Crippen LogP contribution in [0.15, 0.2) is 48.5 Å². The van der Waals surface area contributed by atoms with E-state index in [4.69, 9.17) is 0 Å². The van der Waals surface area contributed by atoms with Gasteiger partial charge >= 0.3 is 0 Å². The maximum absolute atomic E-state index is 13.9. The third-order valence-electron chi connectivity index (χ3n) is 8.90. The Bertz CT molecular complexity index is 1370. The molecule has 3 N–H and O–H groups in total. The van der Waals surface area contributed by atoms with E-state index in [2.05, 4.69) is 20.9 Å². The second-order valence-corrected chi connectivity index (χ2v) is 11.9. The summed E-state index contributed by atoms with van der Waals surface area (Å²) >= 11 is 0. The average Bonchev–Trinajstić information content (AvgIpc) is 3.93. The number of hydrogen-bond donors (Lipinski definition) is 3. The predicted molar refractivity (Wildman–Crippen MR) is 149 cm³/mol. The molecule has 1 spiro atoms. The largest absolute Gasteiger partial charge is 0.356 e. The first-order chi connectivity index (χ1) is 19.8. The molecule has 41 heavy (non-hydrogen) atoms. The summed E-state index contributed by atoms with van der Waals surface area (Å²) in [6.07, 6.45) is 5.50. The lowest BCUT2D eigenvalue weighted by atomic mass is 9.86. The highest BCUT2D eigenvalue weighted by Crippen LogP contribution is 2.55. The Morgan fingerprint density at radius 3 is 2.46 bits per heavy atom. The fraction of sp³-hybridized carbons (Fsp3) is 0.484. The molecule has 2 aromatic rings. The summed E-state index contributed by atoms with van der Waals surface area (Å²) in [5.41, 5.74) is 1.81. The van der Waals surface area contributed by atoms with Gasteiger partial charge in [-0.05, 0) is 68.9 Å². The Morgan fingerprint density at radius 2 is 1.78 bits per heavy atom. The number of carbonyl (C=O) groups is 5. The molecule has 10 nitrogen and oxygen atoms in total. The topological polar surface area (TPSA) is 138 Å². The highest BCUT2D eigenvalue weighted by atomic mass is 16.2. The summed E-state index contributed by atoms with van der Waals surface area (Å²) in [4.78, 5) is 72.0. The van der Waals surface area contributed by atoms with Gasteiger partial charge in [-0.1, -0.05) is 36.4 Å². The minimum atomic E-state index is -1.15. The van der Waals surface area contributed by atoms with E-state index in [1.807, 2.05) is 36.4 Å². The van der Waals surface area contributed by atoms with Crippen molar-refractivity contribution < 1.29 is 24.0 Å². The van der Waals surface area contributed by atoms with E-state index in [-0.39, 0.29) is 35.4 Å². The van der Waals surface area contributed by atoms with Crippen LogP contribution < -0.4 is 16.0 Å². The van der Waals surface area contributed by atoms with Crippen LogP contribution in [0.4, 0.5) is 0 Å². The zero-order valence-corrected chi connectivity index (χ0v) is 22.9. The van der Waals surface area contributed by atoms with Crippen molar-refractivity contribution in [2.75, 3.05) is 13.1 Å². The maximum Gasteiger partial charge on any atom is 0.289 e. The number of amides is 4. The van der Waals surface area contributed by atoms with Crippen molar-refractivity contribution in [2.45, 2.75) is 69.5 Å². The molecular formula is C31H35N5O5. The van der Waals surface area contributed by atoms with Gasteiger partial charge in [-0.25, -0.2) is 4.98 Å². The number of rotatable bonds is 9. The molecule has 4 aliphatic rings. The molecule has 4 amide bonds. The molecule has 1 aromatic heterocycles. The Kier molecular flexibility index (Phi) is 7.32. The fourth-order valence-corrected chi connectivity index (χ4v) is 6.01. The van der Waals surface area contributed by atoms with E-state index in [1.165, 1.54) is 0 Å². The van der Waals surface area contributed by atoms with E-state index in [0.29, 0.717) is 31.6 Å². The number of nitrogens with zero attached hydrogens (tertiary/aromatic N) is 2. The zero-order valence-electron chi connectivity index (χ0n) is 22.9. The van der Waals surface area contributed by atoms with Gasteiger partial charge in [0.15, 0.2) is 0 Å². The van der Waals surface area contributed by atoms with Crippen LogP contribution in [0.5, 0.6) is 0 Å². The van der Waals surface area contributed by atoms with Crippen LogP contribution in [0.25, 0.3) is 11.3 Å². The molecule has 3 heterocycles. The van der Waals surface area contributed by atoms with Crippen molar-refractivity contribution in [3.05, 3.63) is 54.2 Å². The van der Waals surface area contributed by atoms with Gasteiger partial charge in [-0.2, -0.15) is 0 Å². The number of pyridine rings is 1. The molecule has 2 saturated carbocycles. The number of piperidine rings is 1. The van der Waals surface area contributed by atoms with E-state index in [1.54, 1.807) is 17.0 Å². The van der Waals surface area contributed by atoms with Gasteiger partial charge < -0.3 is 20.9 Å². The Hall–Kier alpha value is -4.08. The summed E-state index contributed by atoms with van der Waals surface area (Å²) in [6.45, 7) is 0.898. The number of carbonyl (C=O) groups excluding carboxylic acids is 5. The number of benzene rings is 1. The van der Waals surface area contributed by atoms with Crippen molar-refractivity contribution in [3.63, 3.8) is 0 Å². The van der Waals surface area contributed by atoms with E-state index >= 15 is 0 Å². The van der Waals surface area contributed by atoms with Crippen molar-refractivity contribution in [1.82, 2.24) is 25.8 Å². The molecule has 214 valence electrons. The van der Waals surface area contributed by atoms with Gasteiger partial charge in [-0.15, -0.1) is 0 Å². The minimum absolute atomic E-state index is 0.0158. The first-order valence-corrected chi connectivity index (χ1v) is 14.6. The van der Waals surface area contributed by atoms with Crippen LogP contribution in [0.2, 0.25) is 0 Å². The molecule has 10 heteroatoms. The zero-order chi connectivity index (χ0) is 28.6. The summed E-state index contributed by atoms with van der Waals surface area (Å²) in [6, 6.07) is 12.9. The molecule has 2 saturated heterocycles. The van der Waals surface area contributed by atoms with Crippen molar-refractivity contribution in [3.8, 4) is 11.3 Å². The lowest BCUT2D eigenvalue weighted by molar-refractivity contribution is -0.141. The molecular weight excluding hydrogens is 522 g/mol. The molecule has 0 radical (unpaired) electrons. The van der Waals surface area contributed by atoms with Gasteiger partial charge in [0.2, 0.25) is 17.6 Å². The van der Waals surface area contributed by atoms with Gasteiger partial charge in [-0.3, -0.25) is 24.0 Å². The number of Topliss-reactive ketones (excluding diaryl/α,β-unsaturated/α-hetero) is 1. The molecule has 2 aliphatic heterocycles. The number of ketones is 1. The molecule has 3 unspecified atom stereocenters. The van der Waals surface area contributed by atoms with E-state index in [0.717, 1.165) is 37.7 Å². The van der Waals surface area contributed by atoms with E-state index < -0.39 is 35.6 Å². The summed E-state index contributed by atoms with van der Waals surface area (Å²) < 4.78 is 0. The second kappa shape index (κ2) is 11.1. The maximum atomic E-state index is 13.9. The van der Waals surface area contributed by atoms with Crippen LogP contribution in [0, 0.1) is 11.3 Å². The molecule has 3 atom stereocenters. The summed E-state index contributed by atoms with van der Waals surface area (Å²) in [7, 11) is 0. The molecule has 4 fully saturated rings. The lowest BCUT2D eigenvalue weighted by Gasteiger charge is -2.39. The third-order valence-corrected chi connectivity index (χ3v) is 8.90. The van der Waals surface area contributed by atoms with Gasteiger partial charge in [0.25, 0.3) is 11.8 Å². The van der Waals surface area contributed by atoms with Crippen LogP contribution in [-0.2, 0) is 19.2 Å². The average molecular weight is 558 g/mol. The van der Waals surface area contributed by atoms with Crippen LogP contribution in [-0.4, -0.2) is 70.5 Å². The number of aromatic nitrogens is 1. The molecule has 0 bridgehead atoms. The highest BCUT2D eigenvalue weighted by Gasteiger charge is 2.51. The SMILES string of the molecule is O=C(NC1CC1)C(=O)C(CC1CCNC1=O)NC(=O)C1CC2(CCN1C(=O)c1cccc(-c3ccccc3)n1)CC2. The van der Waals surface area contributed by atoms with E-state index in [9.17, 15) is 24.0 Å². The first kappa shape index (κ1) is 27.1. The molecule has 2 aliphatic carbocycles. The Balaban J connectivity index is 1.23. The number of likely N-dealkylation sites (tertiary alicyclic amines) is 1. The smallest absolute Gasteiger partial charge is 0.289 e. The lowest BCUT2D eigenvalue weighted by Crippen LogP contribution is -2.58. The number of hydrogen-bond acceptors (Lipinski definition) is 6. The first-order valence-electron chi connectivity index (χ1n) is 14.6. The van der Waals surface area contributed by atoms with Gasteiger partial charge in [0.05, 0.1) is 11.7 Å².